The molecule has 10 heteroatoms. The summed E-state index contributed by atoms with van der Waals surface area (Å²) in [6.45, 7) is 3.32. The molecular weight excluding hydrogens is 483 g/mol. The monoisotopic (exact) mass is 506 g/mol. The molecule has 0 radical (unpaired) electrons. The maximum Gasteiger partial charge on any atom is 0.194 e. The molecule has 0 aliphatic rings. The quantitative estimate of drug-likeness (QED) is 0.316. The van der Waals surface area contributed by atoms with Crippen LogP contribution < -0.4 is 5.32 Å². The van der Waals surface area contributed by atoms with Crippen LogP contribution in [0.1, 0.15) is 29.4 Å². The number of halogens is 1. The fourth-order valence-corrected chi connectivity index (χ4v) is 3.98. The standard InChI is InChI=1S/C16H22N6OS2.HI/c1-11(23-4)14-19-13(10-25-14)8-21(3)15(17-2)18-7-12-9-22-5-6-24-16(22)20-12;/h5-6,9-11H,7-8H2,1-4H3,(H,17,18);1H. The van der Waals surface area contributed by atoms with E-state index in [0.717, 1.165) is 27.3 Å². The molecule has 0 saturated heterocycles. The van der Waals surface area contributed by atoms with E-state index in [1.807, 2.05) is 36.1 Å². The number of aromatic nitrogens is 3. The number of hydrogen-bond donors (Lipinski definition) is 1. The van der Waals surface area contributed by atoms with E-state index in [4.69, 9.17) is 4.74 Å². The summed E-state index contributed by atoms with van der Waals surface area (Å²) in [5.41, 5.74) is 2.00. The highest BCUT2D eigenvalue weighted by molar-refractivity contribution is 14.0. The highest BCUT2D eigenvalue weighted by Gasteiger charge is 2.13. The second kappa shape index (κ2) is 9.62. The van der Waals surface area contributed by atoms with Crippen molar-refractivity contribution in [1.29, 1.82) is 0 Å². The van der Waals surface area contributed by atoms with Gasteiger partial charge in [-0.25, -0.2) is 9.97 Å². The number of guanidine groups is 1. The zero-order valence-corrected chi connectivity index (χ0v) is 19.1. The minimum absolute atomic E-state index is 0. The van der Waals surface area contributed by atoms with Gasteiger partial charge < -0.3 is 15.0 Å². The number of aliphatic imine (C=N–C) groups is 1. The number of ether oxygens (including phenoxy) is 1. The van der Waals surface area contributed by atoms with Gasteiger partial charge in [0, 0.05) is 44.4 Å². The number of methoxy groups -OCH3 is 1. The van der Waals surface area contributed by atoms with E-state index in [9.17, 15) is 0 Å². The molecule has 7 nitrogen and oxygen atoms in total. The zero-order chi connectivity index (χ0) is 17.8. The fourth-order valence-electron chi connectivity index (χ4n) is 2.42. The number of hydrogen-bond acceptors (Lipinski definition) is 6. The summed E-state index contributed by atoms with van der Waals surface area (Å²) in [7, 11) is 5.48. The normalized spacial score (nSPS) is 12.8. The first-order chi connectivity index (χ1) is 12.1. The SMILES string of the molecule is CN=C(NCc1cn2ccsc2n1)N(C)Cc1csc(C(C)OC)n1.I. The lowest BCUT2D eigenvalue weighted by Gasteiger charge is -2.20. The van der Waals surface area contributed by atoms with Crippen LogP contribution in [0, 0.1) is 0 Å². The van der Waals surface area contributed by atoms with Crippen molar-refractivity contribution in [1.82, 2.24) is 24.6 Å². The van der Waals surface area contributed by atoms with Crippen LogP contribution in [0.5, 0.6) is 0 Å². The number of thiazole rings is 2. The summed E-state index contributed by atoms with van der Waals surface area (Å²) < 4.78 is 7.35. The summed E-state index contributed by atoms with van der Waals surface area (Å²) in [5.74, 6) is 0.811. The second-order valence-corrected chi connectivity index (χ2v) is 7.40. The van der Waals surface area contributed by atoms with Gasteiger partial charge in [-0.3, -0.25) is 9.39 Å². The smallest absolute Gasteiger partial charge is 0.194 e. The molecule has 0 spiro atoms. The van der Waals surface area contributed by atoms with Gasteiger partial charge in [-0.1, -0.05) is 0 Å². The van der Waals surface area contributed by atoms with Crippen molar-refractivity contribution in [2.75, 3.05) is 21.2 Å². The van der Waals surface area contributed by atoms with Crippen molar-refractivity contribution in [3.05, 3.63) is 39.5 Å². The Morgan fingerprint density at radius 3 is 2.88 bits per heavy atom. The molecule has 0 amide bonds. The predicted molar refractivity (Wildman–Crippen MR) is 118 cm³/mol. The molecule has 26 heavy (non-hydrogen) atoms. The van der Waals surface area contributed by atoms with Gasteiger partial charge in [0.05, 0.1) is 24.5 Å². The topological polar surface area (TPSA) is 67.0 Å². The van der Waals surface area contributed by atoms with Crippen molar-refractivity contribution in [2.24, 2.45) is 4.99 Å². The van der Waals surface area contributed by atoms with Crippen molar-refractivity contribution < 1.29 is 4.74 Å². The minimum Gasteiger partial charge on any atom is -0.375 e. The Labute approximate surface area is 178 Å². The Morgan fingerprint density at radius 2 is 2.19 bits per heavy atom. The van der Waals surface area contributed by atoms with Gasteiger partial charge in [-0.05, 0) is 6.92 Å². The van der Waals surface area contributed by atoms with E-state index in [2.05, 4.69) is 30.6 Å². The van der Waals surface area contributed by atoms with Gasteiger partial charge in [0.1, 0.15) is 11.1 Å². The number of fused-ring (bicyclic) bond motifs is 1. The molecule has 0 fully saturated rings. The van der Waals surface area contributed by atoms with E-state index < -0.39 is 0 Å². The molecule has 0 bridgehead atoms. The van der Waals surface area contributed by atoms with E-state index in [1.54, 1.807) is 36.8 Å². The Hall–Kier alpha value is -1.24. The summed E-state index contributed by atoms with van der Waals surface area (Å²) in [5, 5.41) is 8.44. The molecule has 1 atom stereocenters. The lowest BCUT2D eigenvalue weighted by atomic mass is 10.4. The first-order valence-corrected chi connectivity index (χ1v) is 9.66. The summed E-state index contributed by atoms with van der Waals surface area (Å²) in [4.78, 5) is 16.6. The van der Waals surface area contributed by atoms with E-state index in [-0.39, 0.29) is 30.1 Å². The zero-order valence-electron chi connectivity index (χ0n) is 15.2. The molecule has 3 rings (SSSR count). The van der Waals surface area contributed by atoms with Gasteiger partial charge in [0.25, 0.3) is 0 Å². The number of imidazole rings is 1. The van der Waals surface area contributed by atoms with Crippen LogP contribution in [0.15, 0.2) is 28.1 Å². The van der Waals surface area contributed by atoms with Crippen molar-refractivity contribution in [2.45, 2.75) is 26.1 Å². The average molecular weight is 506 g/mol. The molecule has 1 unspecified atom stereocenters. The van der Waals surface area contributed by atoms with Crippen LogP contribution in [0.2, 0.25) is 0 Å². The van der Waals surface area contributed by atoms with Gasteiger partial charge >= 0.3 is 0 Å². The van der Waals surface area contributed by atoms with Crippen LogP contribution >= 0.6 is 46.7 Å². The third kappa shape index (κ3) is 4.93. The van der Waals surface area contributed by atoms with Crippen molar-refractivity contribution in [3.63, 3.8) is 0 Å². The molecule has 0 aromatic carbocycles. The van der Waals surface area contributed by atoms with Gasteiger partial charge in [0.2, 0.25) is 0 Å². The number of nitrogens with zero attached hydrogens (tertiary/aromatic N) is 5. The average Bonchev–Trinajstić information content (AvgIpc) is 3.30. The summed E-state index contributed by atoms with van der Waals surface area (Å²) in [6, 6.07) is 0. The first-order valence-electron chi connectivity index (χ1n) is 7.90. The molecule has 3 aromatic heterocycles. The Morgan fingerprint density at radius 1 is 1.38 bits per heavy atom. The van der Waals surface area contributed by atoms with Gasteiger partial charge in [-0.2, -0.15) is 0 Å². The maximum atomic E-state index is 5.32. The largest absolute Gasteiger partial charge is 0.375 e. The Kier molecular flexibility index (Phi) is 7.80. The lowest BCUT2D eigenvalue weighted by Crippen LogP contribution is -2.38. The van der Waals surface area contributed by atoms with Crippen LogP contribution in [-0.2, 0) is 17.8 Å². The van der Waals surface area contributed by atoms with Crippen molar-refractivity contribution in [3.8, 4) is 0 Å². The Bertz CT molecular complexity index is 829. The summed E-state index contributed by atoms with van der Waals surface area (Å²) >= 11 is 3.25. The van der Waals surface area contributed by atoms with E-state index >= 15 is 0 Å². The second-order valence-electron chi connectivity index (χ2n) is 5.64. The van der Waals surface area contributed by atoms with Gasteiger partial charge in [0.15, 0.2) is 10.9 Å². The molecular formula is C16H23IN6OS2. The summed E-state index contributed by atoms with van der Waals surface area (Å²) in [6.07, 6.45) is 4.07. The van der Waals surface area contributed by atoms with Crippen molar-refractivity contribution >= 4 is 57.6 Å². The maximum absolute atomic E-state index is 5.32. The molecule has 0 aliphatic heterocycles. The van der Waals surface area contributed by atoms with Crippen LogP contribution in [0.25, 0.3) is 4.96 Å². The molecule has 3 heterocycles. The van der Waals surface area contributed by atoms with Crippen LogP contribution in [-0.4, -0.2) is 46.4 Å². The van der Waals surface area contributed by atoms with Crippen LogP contribution in [0.4, 0.5) is 0 Å². The van der Waals surface area contributed by atoms with E-state index in [0.29, 0.717) is 13.1 Å². The highest BCUT2D eigenvalue weighted by Crippen LogP contribution is 2.21. The molecule has 0 aliphatic carbocycles. The third-order valence-electron chi connectivity index (χ3n) is 3.81. The third-order valence-corrected chi connectivity index (χ3v) is 5.64. The Balaban J connectivity index is 0.00000243. The molecule has 3 aromatic rings. The number of nitrogens with one attached hydrogen (secondary N) is 1. The molecule has 142 valence electrons. The van der Waals surface area contributed by atoms with Crippen LogP contribution in [0.3, 0.4) is 0 Å². The fraction of sp³-hybridized carbons (Fsp3) is 0.438. The molecule has 0 saturated carbocycles. The molecule has 1 N–H and O–H groups in total. The predicted octanol–water partition coefficient (Wildman–Crippen LogP) is 3.39. The van der Waals surface area contributed by atoms with Gasteiger partial charge in [-0.15, -0.1) is 46.7 Å². The highest BCUT2D eigenvalue weighted by atomic mass is 127. The van der Waals surface area contributed by atoms with E-state index in [1.165, 1.54) is 0 Å². The lowest BCUT2D eigenvalue weighted by molar-refractivity contribution is 0.119. The number of rotatable bonds is 6. The minimum atomic E-state index is 0. The first kappa shape index (κ1) is 21.1.